The molecule has 1 amide bonds. The Balaban J connectivity index is 1.85. The molecule has 1 atom stereocenters. The summed E-state index contributed by atoms with van der Waals surface area (Å²) in [7, 11) is 1.95. The van der Waals surface area contributed by atoms with E-state index in [4.69, 9.17) is 11.6 Å². The standard InChI is InChI=1S/C18H17ClN2O/c1-12(13-7-9-14(19)10-8-13)20-18(22)16-11-21(2)17-6-4-3-5-15(16)17/h3-12H,1-2H3,(H,20,22)/t12-/m0/s1. The smallest absolute Gasteiger partial charge is 0.253 e. The van der Waals surface area contributed by atoms with E-state index in [2.05, 4.69) is 5.32 Å². The van der Waals surface area contributed by atoms with Crippen molar-refractivity contribution in [3.05, 3.63) is 70.9 Å². The zero-order valence-electron chi connectivity index (χ0n) is 12.5. The van der Waals surface area contributed by atoms with E-state index in [-0.39, 0.29) is 11.9 Å². The highest BCUT2D eigenvalue weighted by Crippen LogP contribution is 2.22. The summed E-state index contributed by atoms with van der Waals surface area (Å²) in [5, 5.41) is 4.70. The predicted octanol–water partition coefficient (Wildman–Crippen LogP) is 4.32. The van der Waals surface area contributed by atoms with Crippen LogP contribution < -0.4 is 5.32 Å². The van der Waals surface area contributed by atoms with Crippen LogP contribution in [0.25, 0.3) is 10.9 Å². The molecule has 4 heteroatoms. The molecule has 0 aliphatic carbocycles. The molecule has 1 aromatic heterocycles. The summed E-state index contributed by atoms with van der Waals surface area (Å²) in [6.45, 7) is 1.96. The highest BCUT2D eigenvalue weighted by molar-refractivity contribution is 6.30. The number of halogens is 1. The van der Waals surface area contributed by atoms with Crippen LogP contribution in [-0.2, 0) is 7.05 Å². The molecular weight excluding hydrogens is 296 g/mol. The van der Waals surface area contributed by atoms with Crippen molar-refractivity contribution in [1.82, 2.24) is 9.88 Å². The van der Waals surface area contributed by atoms with Crippen LogP contribution in [0.15, 0.2) is 54.7 Å². The van der Waals surface area contributed by atoms with Crippen molar-refractivity contribution in [1.29, 1.82) is 0 Å². The van der Waals surface area contributed by atoms with Crippen LogP contribution in [0.2, 0.25) is 5.02 Å². The fourth-order valence-corrected chi connectivity index (χ4v) is 2.76. The highest BCUT2D eigenvalue weighted by atomic mass is 35.5. The Morgan fingerprint density at radius 3 is 2.55 bits per heavy atom. The Hall–Kier alpha value is -2.26. The molecule has 3 aromatic rings. The first kappa shape index (κ1) is 14.7. The van der Waals surface area contributed by atoms with E-state index in [1.807, 2.05) is 73.3 Å². The molecule has 3 rings (SSSR count). The van der Waals surface area contributed by atoms with Crippen LogP contribution in [-0.4, -0.2) is 10.5 Å². The maximum Gasteiger partial charge on any atom is 0.253 e. The third kappa shape index (κ3) is 2.72. The third-order valence-corrected chi connectivity index (χ3v) is 4.11. The van der Waals surface area contributed by atoms with Gasteiger partial charge in [0.05, 0.1) is 11.6 Å². The minimum absolute atomic E-state index is 0.0701. The third-order valence-electron chi connectivity index (χ3n) is 3.86. The fraction of sp³-hybridized carbons (Fsp3) is 0.167. The normalized spacial score (nSPS) is 12.3. The van der Waals surface area contributed by atoms with Crippen molar-refractivity contribution in [2.24, 2.45) is 7.05 Å². The van der Waals surface area contributed by atoms with Gasteiger partial charge in [0, 0.05) is 29.2 Å². The average molecular weight is 313 g/mol. The molecule has 0 aliphatic heterocycles. The first-order valence-electron chi connectivity index (χ1n) is 7.16. The zero-order chi connectivity index (χ0) is 15.7. The van der Waals surface area contributed by atoms with Crippen LogP contribution in [0.1, 0.15) is 28.9 Å². The summed E-state index contributed by atoms with van der Waals surface area (Å²) in [5.74, 6) is -0.0701. The lowest BCUT2D eigenvalue weighted by atomic mass is 10.1. The Morgan fingerprint density at radius 1 is 1.14 bits per heavy atom. The Morgan fingerprint density at radius 2 is 1.82 bits per heavy atom. The van der Waals surface area contributed by atoms with Crippen LogP contribution in [0.3, 0.4) is 0 Å². The molecule has 3 nitrogen and oxygen atoms in total. The van der Waals surface area contributed by atoms with Crippen molar-refractivity contribution in [3.8, 4) is 0 Å². The van der Waals surface area contributed by atoms with Gasteiger partial charge in [0.15, 0.2) is 0 Å². The molecule has 2 aromatic carbocycles. The van der Waals surface area contributed by atoms with Gasteiger partial charge in [0.1, 0.15) is 0 Å². The number of aromatic nitrogens is 1. The Bertz CT molecular complexity index is 821. The van der Waals surface area contributed by atoms with E-state index in [1.165, 1.54) is 0 Å². The number of carbonyl (C=O) groups excluding carboxylic acids is 1. The van der Waals surface area contributed by atoms with E-state index in [1.54, 1.807) is 0 Å². The molecule has 0 aliphatic rings. The van der Waals surface area contributed by atoms with Crippen molar-refractivity contribution < 1.29 is 4.79 Å². The van der Waals surface area contributed by atoms with Crippen LogP contribution in [0.5, 0.6) is 0 Å². The average Bonchev–Trinajstić information content (AvgIpc) is 2.86. The van der Waals surface area contributed by atoms with Gasteiger partial charge in [-0.15, -0.1) is 0 Å². The number of para-hydroxylation sites is 1. The number of hydrogen-bond acceptors (Lipinski definition) is 1. The molecule has 0 unspecified atom stereocenters. The van der Waals surface area contributed by atoms with Crippen LogP contribution in [0.4, 0.5) is 0 Å². The van der Waals surface area contributed by atoms with E-state index in [0.29, 0.717) is 10.6 Å². The number of nitrogens with one attached hydrogen (secondary N) is 1. The molecular formula is C18H17ClN2O. The van der Waals surface area contributed by atoms with Gasteiger partial charge in [0.2, 0.25) is 0 Å². The van der Waals surface area contributed by atoms with Gasteiger partial charge in [0.25, 0.3) is 5.91 Å². The SMILES string of the molecule is C[C@H](NC(=O)c1cn(C)c2ccccc12)c1ccc(Cl)cc1. The number of hydrogen-bond donors (Lipinski definition) is 1. The number of rotatable bonds is 3. The van der Waals surface area contributed by atoms with Gasteiger partial charge in [-0.1, -0.05) is 41.9 Å². The Kier molecular flexibility index (Phi) is 3.90. The minimum Gasteiger partial charge on any atom is -0.350 e. The van der Waals surface area contributed by atoms with Gasteiger partial charge >= 0.3 is 0 Å². The molecule has 0 bridgehead atoms. The minimum atomic E-state index is -0.0799. The quantitative estimate of drug-likeness (QED) is 0.767. The summed E-state index contributed by atoms with van der Waals surface area (Å²) < 4.78 is 1.97. The second kappa shape index (κ2) is 5.85. The molecule has 0 fully saturated rings. The van der Waals surface area contributed by atoms with Gasteiger partial charge in [-0.3, -0.25) is 4.79 Å². The maximum absolute atomic E-state index is 12.6. The summed E-state index contributed by atoms with van der Waals surface area (Å²) in [6, 6.07) is 15.3. The molecule has 0 spiro atoms. The van der Waals surface area contributed by atoms with E-state index in [9.17, 15) is 4.79 Å². The number of nitrogens with zero attached hydrogens (tertiary/aromatic N) is 1. The number of benzene rings is 2. The molecule has 1 N–H and O–H groups in total. The lowest BCUT2D eigenvalue weighted by molar-refractivity contribution is 0.0941. The summed E-state index contributed by atoms with van der Waals surface area (Å²) in [5.41, 5.74) is 2.77. The monoisotopic (exact) mass is 312 g/mol. The second-order valence-corrected chi connectivity index (χ2v) is 5.85. The molecule has 0 saturated carbocycles. The lowest BCUT2D eigenvalue weighted by Crippen LogP contribution is -2.26. The van der Waals surface area contributed by atoms with Crippen molar-refractivity contribution in [3.63, 3.8) is 0 Å². The molecule has 1 heterocycles. The summed E-state index contributed by atoms with van der Waals surface area (Å²) in [4.78, 5) is 12.6. The van der Waals surface area contributed by atoms with Crippen LogP contribution >= 0.6 is 11.6 Å². The molecule has 0 saturated heterocycles. The largest absolute Gasteiger partial charge is 0.350 e. The summed E-state index contributed by atoms with van der Waals surface area (Å²) in [6.07, 6.45) is 1.87. The fourth-order valence-electron chi connectivity index (χ4n) is 2.63. The first-order chi connectivity index (χ1) is 10.6. The van der Waals surface area contributed by atoms with Gasteiger partial charge in [-0.25, -0.2) is 0 Å². The maximum atomic E-state index is 12.6. The van der Waals surface area contributed by atoms with E-state index >= 15 is 0 Å². The predicted molar refractivity (Wildman–Crippen MR) is 90.3 cm³/mol. The molecule has 0 radical (unpaired) electrons. The van der Waals surface area contributed by atoms with Crippen molar-refractivity contribution in [2.75, 3.05) is 0 Å². The van der Waals surface area contributed by atoms with Gasteiger partial charge in [-0.2, -0.15) is 0 Å². The number of fused-ring (bicyclic) bond motifs is 1. The van der Waals surface area contributed by atoms with E-state index in [0.717, 1.165) is 16.5 Å². The second-order valence-electron chi connectivity index (χ2n) is 5.42. The lowest BCUT2D eigenvalue weighted by Gasteiger charge is -2.14. The van der Waals surface area contributed by atoms with Gasteiger partial charge < -0.3 is 9.88 Å². The Labute approximate surface area is 134 Å². The first-order valence-corrected chi connectivity index (χ1v) is 7.54. The van der Waals surface area contributed by atoms with Crippen molar-refractivity contribution in [2.45, 2.75) is 13.0 Å². The molecule has 112 valence electrons. The topological polar surface area (TPSA) is 34.0 Å². The van der Waals surface area contributed by atoms with Gasteiger partial charge in [-0.05, 0) is 30.7 Å². The number of carbonyl (C=O) groups is 1. The zero-order valence-corrected chi connectivity index (χ0v) is 13.3. The van der Waals surface area contributed by atoms with Crippen LogP contribution in [0, 0.1) is 0 Å². The summed E-state index contributed by atoms with van der Waals surface area (Å²) >= 11 is 5.90. The number of aryl methyl sites for hydroxylation is 1. The highest BCUT2D eigenvalue weighted by Gasteiger charge is 2.16. The molecule has 22 heavy (non-hydrogen) atoms. The van der Waals surface area contributed by atoms with Crippen molar-refractivity contribution >= 4 is 28.4 Å². The number of amides is 1. The van der Waals surface area contributed by atoms with E-state index < -0.39 is 0 Å².